The van der Waals surface area contributed by atoms with Crippen LogP contribution in [0.25, 0.3) is 0 Å². The largest absolute Gasteiger partial charge is 0.383 e. The fraction of sp³-hybridized carbons (Fsp3) is 0.308. The molecule has 0 atom stereocenters. The summed E-state index contributed by atoms with van der Waals surface area (Å²) in [5.41, 5.74) is 3.33. The number of halogens is 2. The molecule has 0 spiro atoms. The lowest BCUT2D eigenvalue weighted by Crippen LogP contribution is -2.12. The van der Waals surface area contributed by atoms with E-state index in [1.54, 1.807) is 0 Å². The van der Waals surface area contributed by atoms with Crippen LogP contribution in [-0.4, -0.2) is 16.3 Å². The molecule has 0 aliphatic carbocycles. The van der Waals surface area contributed by atoms with E-state index in [4.69, 9.17) is 0 Å². The van der Waals surface area contributed by atoms with Gasteiger partial charge in [0.05, 0.1) is 16.7 Å². The van der Waals surface area contributed by atoms with E-state index >= 15 is 0 Å². The van der Waals surface area contributed by atoms with E-state index in [1.807, 2.05) is 23.7 Å². The number of benzene rings is 1. The zero-order valence-corrected chi connectivity index (χ0v) is 13.5. The lowest BCUT2D eigenvalue weighted by atomic mass is 10.3. The van der Waals surface area contributed by atoms with Gasteiger partial charge < -0.3 is 5.32 Å². The Balaban J connectivity index is 1.92. The van der Waals surface area contributed by atoms with Crippen molar-refractivity contribution in [3.05, 3.63) is 44.6 Å². The monoisotopic (exact) mass is 371 g/mol. The molecular weight excluding hydrogens is 358 g/mol. The fourth-order valence-corrected chi connectivity index (χ4v) is 2.31. The maximum Gasteiger partial charge on any atom is 0.0738 e. The SMILES string of the molecule is Cc1nn(CCNc2ccc(Br)cc2)c(C)c1Br. The van der Waals surface area contributed by atoms with Crippen molar-refractivity contribution in [3.63, 3.8) is 0 Å². The summed E-state index contributed by atoms with van der Waals surface area (Å²) in [5.74, 6) is 0. The Labute approximate surface area is 124 Å². The molecule has 2 aromatic rings. The summed E-state index contributed by atoms with van der Waals surface area (Å²) in [6.07, 6.45) is 0. The van der Waals surface area contributed by atoms with Gasteiger partial charge in [-0.1, -0.05) is 15.9 Å². The topological polar surface area (TPSA) is 29.9 Å². The first-order valence-corrected chi connectivity index (χ1v) is 7.35. The highest BCUT2D eigenvalue weighted by molar-refractivity contribution is 9.10. The molecule has 1 heterocycles. The average molecular weight is 373 g/mol. The van der Waals surface area contributed by atoms with Gasteiger partial charge in [0, 0.05) is 22.4 Å². The molecule has 0 radical (unpaired) electrons. The number of nitrogens with one attached hydrogen (secondary N) is 1. The van der Waals surface area contributed by atoms with Crippen LogP contribution in [0.4, 0.5) is 5.69 Å². The summed E-state index contributed by atoms with van der Waals surface area (Å²) < 4.78 is 4.22. The van der Waals surface area contributed by atoms with Gasteiger partial charge in [0.15, 0.2) is 0 Å². The van der Waals surface area contributed by atoms with Gasteiger partial charge >= 0.3 is 0 Å². The molecule has 0 fully saturated rings. The lowest BCUT2D eigenvalue weighted by Gasteiger charge is -2.08. The number of rotatable bonds is 4. The van der Waals surface area contributed by atoms with Crippen LogP contribution in [0.15, 0.2) is 33.2 Å². The molecule has 96 valence electrons. The van der Waals surface area contributed by atoms with Crippen LogP contribution in [-0.2, 0) is 6.54 Å². The van der Waals surface area contributed by atoms with E-state index in [-0.39, 0.29) is 0 Å². The van der Waals surface area contributed by atoms with Crippen molar-refractivity contribution in [2.24, 2.45) is 0 Å². The number of aromatic nitrogens is 2. The Morgan fingerprint density at radius 1 is 1.17 bits per heavy atom. The highest BCUT2D eigenvalue weighted by atomic mass is 79.9. The van der Waals surface area contributed by atoms with Gasteiger partial charge in [0.25, 0.3) is 0 Å². The zero-order chi connectivity index (χ0) is 13.1. The molecule has 1 aromatic heterocycles. The van der Waals surface area contributed by atoms with Crippen molar-refractivity contribution < 1.29 is 0 Å². The fourth-order valence-electron chi connectivity index (χ4n) is 1.77. The lowest BCUT2D eigenvalue weighted by molar-refractivity contribution is 0.615. The minimum atomic E-state index is 0.855. The Morgan fingerprint density at radius 3 is 2.39 bits per heavy atom. The first-order valence-electron chi connectivity index (χ1n) is 5.77. The second-order valence-corrected chi connectivity index (χ2v) is 5.85. The van der Waals surface area contributed by atoms with Crippen LogP contribution < -0.4 is 5.32 Å². The highest BCUT2D eigenvalue weighted by Crippen LogP contribution is 2.19. The normalized spacial score (nSPS) is 10.7. The molecule has 0 amide bonds. The second kappa shape index (κ2) is 5.89. The molecule has 0 aliphatic rings. The van der Waals surface area contributed by atoms with Gasteiger partial charge in [-0.3, -0.25) is 4.68 Å². The minimum Gasteiger partial charge on any atom is -0.383 e. The van der Waals surface area contributed by atoms with Crippen molar-refractivity contribution in [3.8, 4) is 0 Å². The molecule has 1 aromatic carbocycles. The Kier molecular flexibility index (Phi) is 4.45. The zero-order valence-electron chi connectivity index (χ0n) is 10.4. The molecule has 3 nitrogen and oxygen atoms in total. The molecule has 2 rings (SSSR count). The summed E-state index contributed by atoms with van der Waals surface area (Å²) >= 11 is 6.96. The summed E-state index contributed by atoms with van der Waals surface area (Å²) in [5, 5.41) is 7.86. The third-order valence-corrected chi connectivity index (χ3v) is 4.47. The first-order chi connectivity index (χ1) is 8.58. The van der Waals surface area contributed by atoms with Gasteiger partial charge in [-0.15, -0.1) is 0 Å². The van der Waals surface area contributed by atoms with E-state index in [0.717, 1.165) is 33.4 Å². The average Bonchev–Trinajstić information content (AvgIpc) is 2.60. The Bertz CT molecular complexity index is 532. The molecule has 1 N–H and O–H groups in total. The number of anilines is 1. The van der Waals surface area contributed by atoms with Crippen LogP contribution >= 0.6 is 31.9 Å². The summed E-state index contributed by atoms with van der Waals surface area (Å²) in [6.45, 7) is 5.80. The molecule has 0 saturated carbocycles. The quantitative estimate of drug-likeness (QED) is 0.874. The third-order valence-electron chi connectivity index (χ3n) is 2.79. The van der Waals surface area contributed by atoms with E-state index in [2.05, 4.69) is 61.3 Å². The van der Waals surface area contributed by atoms with E-state index < -0.39 is 0 Å². The van der Waals surface area contributed by atoms with Gasteiger partial charge in [0.2, 0.25) is 0 Å². The first kappa shape index (κ1) is 13.6. The number of hydrogen-bond donors (Lipinski definition) is 1. The van der Waals surface area contributed by atoms with Gasteiger partial charge in [-0.2, -0.15) is 5.10 Å². The smallest absolute Gasteiger partial charge is 0.0738 e. The van der Waals surface area contributed by atoms with Gasteiger partial charge in [-0.05, 0) is 54.0 Å². The van der Waals surface area contributed by atoms with Gasteiger partial charge in [0.1, 0.15) is 0 Å². The van der Waals surface area contributed by atoms with Crippen LogP contribution in [0.2, 0.25) is 0 Å². The van der Waals surface area contributed by atoms with Crippen LogP contribution in [0, 0.1) is 13.8 Å². The predicted octanol–water partition coefficient (Wildman–Crippen LogP) is 4.14. The van der Waals surface area contributed by atoms with E-state index in [1.165, 1.54) is 5.69 Å². The maximum atomic E-state index is 4.48. The molecule has 5 heteroatoms. The minimum absolute atomic E-state index is 0.855. The Morgan fingerprint density at radius 2 is 1.83 bits per heavy atom. The van der Waals surface area contributed by atoms with Crippen molar-refractivity contribution in [1.29, 1.82) is 0 Å². The molecule has 0 bridgehead atoms. The third kappa shape index (κ3) is 3.14. The van der Waals surface area contributed by atoms with Crippen LogP contribution in [0.1, 0.15) is 11.4 Å². The summed E-state index contributed by atoms with van der Waals surface area (Å²) in [6, 6.07) is 8.17. The van der Waals surface area contributed by atoms with Crippen molar-refractivity contribution >= 4 is 37.5 Å². The summed E-state index contributed by atoms with van der Waals surface area (Å²) in [4.78, 5) is 0. The second-order valence-electron chi connectivity index (χ2n) is 4.14. The molecule has 0 saturated heterocycles. The maximum absolute atomic E-state index is 4.48. The number of aryl methyl sites for hydroxylation is 1. The summed E-state index contributed by atoms with van der Waals surface area (Å²) in [7, 11) is 0. The van der Waals surface area contributed by atoms with Crippen molar-refractivity contribution in [1.82, 2.24) is 9.78 Å². The van der Waals surface area contributed by atoms with Crippen molar-refractivity contribution in [2.45, 2.75) is 20.4 Å². The highest BCUT2D eigenvalue weighted by Gasteiger charge is 2.07. The van der Waals surface area contributed by atoms with Crippen molar-refractivity contribution in [2.75, 3.05) is 11.9 Å². The van der Waals surface area contributed by atoms with Crippen LogP contribution in [0.3, 0.4) is 0 Å². The van der Waals surface area contributed by atoms with Crippen LogP contribution in [0.5, 0.6) is 0 Å². The van der Waals surface area contributed by atoms with E-state index in [9.17, 15) is 0 Å². The standard InChI is InChI=1S/C13H15Br2N3/c1-9-13(15)10(2)18(17-9)8-7-16-12-5-3-11(14)4-6-12/h3-6,16H,7-8H2,1-2H3. The Hall–Kier alpha value is -0.810. The number of nitrogens with zero attached hydrogens (tertiary/aromatic N) is 2. The molecular formula is C13H15Br2N3. The molecule has 18 heavy (non-hydrogen) atoms. The molecule has 0 aliphatic heterocycles. The van der Waals surface area contributed by atoms with E-state index in [0.29, 0.717) is 0 Å². The number of hydrogen-bond acceptors (Lipinski definition) is 2. The van der Waals surface area contributed by atoms with Gasteiger partial charge in [-0.25, -0.2) is 0 Å². The predicted molar refractivity (Wildman–Crippen MR) is 82.0 cm³/mol. The molecule has 0 unspecified atom stereocenters.